The summed E-state index contributed by atoms with van der Waals surface area (Å²) in [6.45, 7) is 0. The van der Waals surface area contributed by atoms with Gasteiger partial charge in [0.15, 0.2) is 11.5 Å². The monoisotopic (exact) mass is 346 g/mol. The number of halogens is 1. The van der Waals surface area contributed by atoms with E-state index in [9.17, 15) is 5.21 Å². The third kappa shape index (κ3) is 3.31. The van der Waals surface area contributed by atoms with Crippen LogP contribution in [0.15, 0.2) is 15.6 Å². The fourth-order valence-electron chi connectivity index (χ4n) is 1.41. The molecule has 0 spiro atoms. The fraction of sp³-hybridized carbons (Fsp3) is 0.273. The van der Waals surface area contributed by atoms with Crippen molar-refractivity contribution in [2.24, 2.45) is 10.8 Å². The summed E-state index contributed by atoms with van der Waals surface area (Å²) >= 11 is 3.35. The second kappa shape index (κ2) is 6.96. The summed E-state index contributed by atoms with van der Waals surface area (Å²) in [5.74, 6) is 0.665. The third-order valence-corrected chi connectivity index (χ3v) is 3.14. The number of guanidine groups is 1. The molecule has 0 amide bonds. The normalized spacial score (nSPS) is 10.4. The Morgan fingerprint density at radius 2 is 1.95 bits per heavy atom. The molecule has 0 aromatic heterocycles. The molecule has 0 saturated carbocycles. The standard InChI is InChI=1S/C11H15BrN4O4/c1-18-7-4-6(5-15-16(17)11(13)14)8(12)10(20-3)9(7)19-2/h4-5,17H,1-3H3,(H3,13,14). The van der Waals surface area contributed by atoms with Gasteiger partial charge in [-0.15, -0.1) is 5.17 Å². The van der Waals surface area contributed by atoms with Gasteiger partial charge in [0.1, 0.15) is 0 Å². The van der Waals surface area contributed by atoms with Crippen molar-refractivity contribution in [3.63, 3.8) is 0 Å². The molecule has 0 saturated heterocycles. The molecule has 1 aromatic carbocycles. The van der Waals surface area contributed by atoms with Crippen LogP contribution in [0.1, 0.15) is 5.56 Å². The van der Waals surface area contributed by atoms with Crippen molar-refractivity contribution in [3.8, 4) is 17.2 Å². The van der Waals surface area contributed by atoms with E-state index in [2.05, 4.69) is 21.0 Å². The topological polar surface area (TPSA) is 113 Å². The van der Waals surface area contributed by atoms with Crippen LogP contribution in [0.2, 0.25) is 0 Å². The Morgan fingerprint density at radius 3 is 2.40 bits per heavy atom. The lowest BCUT2D eigenvalue weighted by Gasteiger charge is -2.15. The number of hydrogen-bond donors (Lipinski definition) is 3. The van der Waals surface area contributed by atoms with Gasteiger partial charge in [-0.05, 0) is 22.0 Å². The molecule has 1 rings (SSSR count). The van der Waals surface area contributed by atoms with Gasteiger partial charge >= 0.3 is 0 Å². The van der Waals surface area contributed by atoms with E-state index >= 15 is 0 Å². The van der Waals surface area contributed by atoms with E-state index in [0.29, 0.717) is 27.3 Å². The summed E-state index contributed by atoms with van der Waals surface area (Å²) < 4.78 is 16.2. The highest BCUT2D eigenvalue weighted by atomic mass is 79.9. The number of benzene rings is 1. The quantitative estimate of drug-likeness (QED) is 0.421. The van der Waals surface area contributed by atoms with Gasteiger partial charge in [-0.25, -0.2) is 0 Å². The molecule has 20 heavy (non-hydrogen) atoms. The lowest BCUT2D eigenvalue weighted by atomic mass is 10.2. The zero-order chi connectivity index (χ0) is 15.3. The van der Waals surface area contributed by atoms with E-state index in [1.807, 2.05) is 0 Å². The molecule has 0 atom stereocenters. The van der Waals surface area contributed by atoms with Gasteiger partial charge in [0.05, 0.1) is 32.0 Å². The smallest absolute Gasteiger partial charge is 0.236 e. The maximum atomic E-state index is 9.22. The van der Waals surface area contributed by atoms with Crippen molar-refractivity contribution < 1.29 is 19.4 Å². The minimum Gasteiger partial charge on any atom is -0.493 e. The van der Waals surface area contributed by atoms with Gasteiger partial charge in [-0.3, -0.25) is 10.6 Å². The molecule has 110 valence electrons. The summed E-state index contributed by atoms with van der Waals surface area (Å²) in [5.41, 5.74) is 5.60. The van der Waals surface area contributed by atoms with Gasteiger partial charge < -0.3 is 19.9 Å². The van der Waals surface area contributed by atoms with Crippen LogP contribution >= 0.6 is 15.9 Å². The minimum absolute atomic E-state index is 0.232. The molecular weight excluding hydrogens is 332 g/mol. The van der Waals surface area contributed by atoms with Crippen LogP contribution in [0.5, 0.6) is 17.2 Å². The molecule has 0 fully saturated rings. The van der Waals surface area contributed by atoms with Crippen molar-refractivity contribution in [3.05, 3.63) is 16.1 Å². The van der Waals surface area contributed by atoms with E-state index in [4.69, 9.17) is 25.4 Å². The maximum Gasteiger partial charge on any atom is 0.236 e. The van der Waals surface area contributed by atoms with Crippen LogP contribution in [0.4, 0.5) is 0 Å². The molecule has 9 heteroatoms. The second-order valence-electron chi connectivity index (χ2n) is 3.47. The van der Waals surface area contributed by atoms with E-state index in [-0.39, 0.29) is 5.17 Å². The summed E-state index contributed by atoms with van der Waals surface area (Å²) in [6, 6.07) is 1.63. The Balaban J connectivity index is 3.31. The lowest BCUT2D eigenvalue weighted by molar-refractivity contribution is -0.0139. The van der Waals surface area contributed by atoms with Crippen molar-refractivity contribution >= 4 is 28.1 Å². The minimum atomic E-state index is -0.607. The van der Waals surface area contributed by atoms with Crippen LogP contribution in [-0.4, -0.2) is 43.9 Å². The Kier molecular flexibility index (Phi) is 5.59. The van der Waals surface area contributed by atoms with E-state index in [0.717, 1.165) is 0 Å². The number of rotatable bonds is 5. The predicted octanol–water partition coefficient (Wildman–Crippen LogP) is 1.39. The molecule has 8 nitrogen and oxygen atoms in total. The van der Waals surface area contributed by atoms with E-state index in [1.165, 1.54) is 27.5 Å². The van der Waals surface area contributed by atoms with Crippen LogP contribution in [0.25, 0.3) is 0 Å². The average molecular weight is 347 g/mol. The number of hydrogen-bond acceptors (Lipinski definition) is 6. The number of hydrazone groups is 1. The fourth-order valence-corrected chi connectivity index (χ4v) is 1.97. The second-order valence-corrected chi connectivity index (χ2v) is 4.26. The number of methoxy groups -OCH3 is 3. The first-order valence-electron chi connectivity index (χ1n) is 5.31. The summed E-state index contributed by atoms with van der Waals surface area (Å²) in [6.07, 6.45) is 1.29. The van der Waals surface area contributed by atoms with Gasteiger partial charge in [0.25, 0.3) is 0 Å². The molecule has 0 unspecified atom stereocenters. The third-order valence-electron chi connectivity index (χ3n) is 2.32. The zero-order valence-corrected chi connectivity index (χ0v) is 12.8. The van der Waals surface area contributed by atoms with Gasteiger partial charge in [-0.1, -0.05) is 0 Å². The summed E-state index contributed by atoms with van der Waals surface area (Å²) in [7, 11) is 4.46. The van der Waals surface area contributed by atoms with Gasteiger partial charge in [0.2, 0.25) is 11.7 Å². The molecule has 0 aliphatic heterocycles. The lowest BCUT2D eigenvalue weighted by Crippen LogP contribution is -2.28. The van der Waals surface area contributed by atoms with Crippen molar-refractivity contribution in [1.29, 1.82) is 5.41 Å². The Labute approximate surface area is 124 Å². The molecule has 0 aliphatic rings. The van der Waals surface area contributed by atoms with E-state index < -0.39 is 5.96 Å². The number of hydroxylamine groups is 1. The SMILES string of the molecule is COc1cc(C=NN(O)C(=N)N)c(Br)c(OC)c1OC. The van der Waals surface area contributed by atoms with E-state index in [1.54, 1.807) is 6.07 Å². The van der Waals surface area contributed by atoms with Crippen molar-refractivity contribution in [2.75, 3.05) is 21.3 Å². The zero-order valence-electron chi connectivity index (χ0n) is 11.2. The van der Waals surface area contributed by atoms with Gasteiger partial charge in [0, 0.05) is 5.56 Å². The molecule has 0 aliphatic carbocycles. The molecule has 0 bridgehead atoms. The number of nitrogens with zero attached hydrogens (tertiary/aromatic N) is 2. The maximum absolute atomic E-state index is 9.22. The predicted molar refractivity (Wildman–Crippen MR) is 76.9 cm³/mol. The van der Waals surface area contributed by atoms with Crippen LogP contribution in [0, 0.1) is 5.41 Å². The van der Waals surface area contributed by atoms with Crippen LogP contribution in [0.3, 0.4) is 0 Å². The molecule has 0 radical (unpaired) electrons. The molecular formula is C11H15BrN4O4. The van der Waals surface area contributed by atoms with Crippen LogP contribution in [-0.2, 0) is 0 Å². The highest BCUT2D eigenvalue weighted by Crippen LogP contribution is 2.44. The Morgan fingerprint density at radius 1 is 1.35 bits per heavy atom. The highest BCUT2D eigenvalue weighted by Gasteiger charge is 2.18. The highest BCUT2D eigenvalue weighted by molar-refractivity contribution is 9.10. The first kappa shape index (κ1) is 16.1. The Bertz CT molecular complexity index is 536. The average Bonchev–Trinajstić information content (AvgIpc) is 2.44. The van der Waals surface area contributed by atoms with Crippen molar-refractivity contribution in [2.45, 2.75) is 0 Å². The van der Waals surface area contributed by atoms with Crippen molar-refractivity contribution in [1.82, 2.24) is 5.17 Å². The number of nitrogens with two attached hydrogens (primary N) is 1. The largest absolute Gasteiger partial charge is 0.493 e. The number of ether oxygens (including phenoxy) is 3. The van der Waals surface area contributed by atoms with Crippen LogP contribution < -0.4 is 19.9 Å². The van der Waals surface area contributed by atoms with Gasteiger partial charge in [-0.2, -0.15) is 5.10 Å². The summed E-state index contributed by atoms with van der Waals surface area (Å²) in [5, 5.41) is 20.0. The number of nitrogens with one attached hydrogen (secondary N) is 1. The first-order valence-corrected chi connectivity index (χ1v) is 6.11. The molecule has 1 aromatic rings. The molecule has 0 heterocycles. The molecule has 4 N–H and O–H groups in total. The Hall–Kier alpha value is -2.00. The first-order chi connectivity index (χ1) is 9.46. The summed E-state index contributed by atoms with van der Waals surface area (Å²) in [4.78, 5) is 0.